The van der Waals surface area contributed by atoms with Crippen LogP contribution in [-0.2, 0) is 14.2 Å². The molecular weight excluding hydrogens is 380 g/mol. The van der Waals surface area contributed by atoms with Gasteiger partial charge in [0.25, 0.3) is 0 Å². The molecule has 0 saturated carbocycles. The van der Waals surface area contributed by atoms with Crippen LogP contribution in [0.3, 0.4) is 0 Å². The van der Waals surface area contributed by atoms with Gasteiger partial charge < -0.3 is 24.4 Å². The minimum absolute atomic E-state index is 0.00685. The van der Waals surface area contributed by atoms with Crippen molar-refractivity contribution in [1.29, 1.82) is 0 Å². The SMILES string of the molecule is CCCCCCCCCCOCC(CC)(CO)COC1OC(CC)C(C)C(C)C1O. The first kappa shape index (κ1) is 27.8. The van der Waals surface area contributed by atoms with E-state index in [2.05, 4.69) is 34.6 Å². The van der Waals surface area contributed by atoms with E-state index in [1.807, 2.05) is 0 Å². The van der Waals surface area contributed by atoms with Gasteiger partial charge in [0.15, 0.2) is 6.29 Å². The second-order valence-electron chi connectivity index (χ2n) is 9.51. The average Bonchev–Trinajstić information content (AvgIpc) is 2.77. The third kappa shape index (κ3) is 9.12. The lowest BCUT2D eigenvalue weighted by atomic mass is 9.82. The highest BCUT2D eigenvalue weighted by Gasteiger charge is 2.41. The van der Waals surface area contributed by atoms with Crippen molar-refractivity contribution in [3.05, 3.63) is 0 Å². The van der Waals surface area contributed by atoms with Gasteiger partial charge in [-0.15, -0.1) is 0 Å². The zero-order chi connectivity index (χ0) is 22.4. The lowest BCUT2D eigenvalue weighted by Crippen LogP contribution is -2.51. The summed E-state index contributed by atoms with van der Waals surface area (Å²) in [6.45, 7) is 12.1. The van der Waals surface area contributed by atoms with E-state index in [1.54, 1.807) is 0 Å². The van der Waals surface area contributed by atoms with Crippen LogP contribution < -0.4 is 0 Å². The van der Waals surface area contributed by atoms with Crippen LogP contribution >= 0.6 is 0 Å². The number of rotatable bonds is 17. The molecule has 0 amide bonds. The molecular formula is C25H50O5. The van der Waals surface area contributed by atoms with Crippen molar-refractivity contribution in [2.24, 2.45) is 17.3 Å². The zero-order valence-corrected chi connectivity index (χ0v) is 20.4. The molecule has 0 aromatic rings. The molecule has 5 heteroatoms. The van der Waals surface area contributed by atoms with Crippen molar-refractivity contribution >= 4 is 0 Å². The highest BCUT2D eigenvalue weighted by molar-refractivity contribution is 4.85. The highest BCUT2D eigenvalue weighted by Crippen LogP contribution is 2.34. The predicted molar refractivity (Wildman–Crippen MR) is 122 cm³/mol. The first-order valence-electron chi connectivity index (χ1n) is 12.6. The summed E-state index contributed by atoms with van der Waals surface area (Å²) in [6.07, 6.45) is 10.7. The highest BCUT2D eigenvalue weighted by atomic mass is 16.7. The molecule has 1 heterocycles. The fourth-order valence-electron chi connectivity index (χ4n) is 4.21. The van der Waals surface area contributed by atoms with Crippen molar-refractivity contribution in [2.45, 2.75) is 117 Å². The van der Waals surface area contributed by atoms with Crippen LogP contribution in [-0.4, -0.2) is 55.1 Å². The van der Waals surface area contributed by atoms with Crippen LogP contribution in [0.5, 0.6) is 0 Å². The summed E-state index contributed by atoms with van der Waals surface area (Å²) in [5.41, 5.74) is -0.447. The van der Waals surface area contributed by atoms with Gasteiger partial charge in [0.1, 0.15) is 6.10 Å². The third-order valence-corrected chi connectivity index (χ3v) is 7.13. The molecule has 30 heavy (non-hydrogen) atoms. The monoisotopic (exact) mass is 430 g/mol. The molecule has 6 unspecified atom stereocenters. The molecule has 1 fully saturated rings. The van der Waals surface area contributed by atoms with Crippen molar-refractivity contribution in [3.8, 4) is 0 Å². The molecule has 0 aromatic carbocycles. The number of unbranched alkanes of at least 4 members (excludes halogenated alkanes) is 7. The lowest BCUT2D eigenvalue weighted by Gasteiger charge is -2.43. The summed E-state index contributed by atoms with van der Waals surface area (Å²) in [6, 6.07) is 0. The van der Waals surface area contributed by atoms with Gasteiger partial charge in [-0.2, -0.15) is 0 Å². The maximum atomic E-state index is 10.6. The summed E-state index contributed by atoms with van der Waals surface area (Å²) in [4.78, 5) is 0. The lowest BCUT2D eigenvalue weighted by molar-refractivity contribution is -0.280. The van der Waals surface area contributed by atoms with Crippen LogP contribution in [0.1, 0.15) is 98.8 Å². The molecule has 6 atom stereocenters. The molecule has 0 bridgehead atoms. The Labute approximate surface area is 185 Å². The van der Waals surface area contributed by atoms with E-state index >= 15 is 0 Å². The van der Waals surface area contributed by atoms with Gasteiger partial charge in [0.2, 0.25) is 0 Å². The van der Waals surface area contributed by atoms with Gasteiger partial charge in [0.05, 0.1) is 25.9 Å². The summed E-state index contributed by atoms with van der Waals surface area (Å²) < 4.78 is 18.0. The fraction of sp³-hybridized carbons (Fsp3) is 1.00. The minimum Gasteiger partial charge on any atom is -0.396 e. The van der Waals surface area contributed by atoms with E-state index in [-0.39, 0.29) is 18.6 Å². The second kappa shape index (κ2) is 15.6. The van der Waals surface area contributed by atoms with Gasteiger partial charge >= 0.3 is 0 Å². The molecule has 1 saturated heterocycles. The Morgan fingerprint density at radius 2 is 1.50 bits per heavy atom. The molecule has 0 aromatic heterocycles. The first-order valence-corrected chi connectivity index (χ1v) is 12.6. The number of aliphatic hydroxyl groups excluding tert-OH is 2. The molecule has 1 rings (SSSR count). The smallest absolute Gasteiger partial charge is 0.184 e. The van der Waals surface area contributed by atoms with Crippen LogP contribution in [0.25, 0.3) is 0 Å². The van der Waals surface area contributed by atoms with E-state index in [1.165, 1.54) is 44.9 Å². The van der Waals surface area contributed by atoms with Crippen LogP contribution in [0, 0.1) is 17.3 Å². The number of ether oxygens (including phenoxy) is 3. The third-order valence-electron chi connectivity index (χ3n) is 7.13. The van der Waals surface area contributed by atoms with Crippen molar-refractivity contribution in [2.75, 3.05) is 26.4 Å². The minimum atomic E-state index is -0.644. The molecule has 0 spiro atoms. The molecule has 5 nitrogen and oxygen atoms in total. The Kier molecular flexibility index (Phi) is 14.5. The average molecular weight is 431 g/mol. The van der Waals surface area contributed by atoms with Gasteiger partial charge in [-0.25, -0.2) is 0 Å². The normalized spacial score (nSPS) is 29.1. The quantitative estimate of drug-likeness (QED) is 0.306. The Morgan fingerprint density at radius 3 is 2.07 bits per heavy atom. The van der Waals surface area contributed by atoms with E-state index in [9.17, 15) is 10.2 Å². The number of aliphatic hydroxyl groups is 2. The Bertz CT molecular complexity index is 410. The zero-order valence-electron chi connectivity index (χ0n) is 20.4. The molecule has 2 N–H and O–H groups in total. The number of hydrogen-bond donors (Lipinski definition) is 2. The first-order chi connectivity index (χ1) is 14.4. The summed E-state index contributed by atoms with van der Waals surface area (Å²) in [7, 11) is 0. The van der Waals surface area contributed by atoms with Crippen molar-refractivity contribution in [1.82, 2.24) is 0 Å². The van der Waals surface area contributed by atoms with Gasteiger partial charge in [-0.3, -0.25) is 0 Å². The molecule has 1 aliphatic heterocycles. The Hall–Kier alpha value is -0.200. The van der Waals surface area contributed by atoms with Crippen molar-refractivity contribution in [3.63, 3.8) is 0 Å². The Morgan fingerprint density at radius 1 is 0.867 bits per heavy atom. The van der Waals surface area contributed by atoms with Gasteiger partial charge in [0, 0.05) is 12.0 Å². The molecule has 0 aliphatic carbocycles. The predicted octanol–water partition coefficient (Wildman–Crippen LogP) is 5.32. The summed E-state index contributed by atoms with van der Waals surface area (Å²) >= 11 is 0. The Balaban J connectivity index is 2.34. The number of hydrogen-bond acceptors (Lipinski definition) is 5. The summed E-state index contributed by atoms with van der Waals surface area (Å²) in [5.74, 6) is 0.422. The van der Waals surface area contributed by atoms with Crippen LogP contribution in [0.2, 0.25) is 0 Å². The largest absolute Gasteiger partial charge is 0.396 e. The molecule has 1 aliphatic rings. The topological polar surface area (TPSA) is 68.2 Å². The van der Waals surface area contributed by atoms with E-state index in [0.29, 0.717) is 19.1 Å². The van der Waals surface area contributed by atoms with E-state index in [0.717, 1.165) is 25.9 Å². The van der Waals surface area contributed by atoms with Crippen LogP contribution in [0.15, 0.2) is 0 Å². The van der Waals surface area contributed by atoms with E-state index in [4.69, 9.17) is 14.2 Å². The molecule has 180 valence electrons. The van der Waals surface area contributed by atoms with Crippen molar-refractivity contribution < 1.29 is 24.4 Å². The van der Waals surface area contributed by atoms with Crippen LogP contribution in [0.4, 0.5) is 0 Å². The molecule has 0 radical (unpaired) electrons. The maximum absolute atomic E-state index is 10.6. The maximum Gasteiger partial charge on any atom is 0.184 e. The fourth-order valence-corrected chi connectivity index (χ4v) is 4.21. The van der Waals surface area contributed by atoms with E-state index < -0.39 is 17.8 Å². The van der Waals surface area contributed by atoms with Gasteiger partial charge in [-0.1, -0.05) is 79.6 Å². The summed E-state index contributed by atoms with van der Waals surface area (Å²) in [5, 5.41) is 20.6. The standard InChI is InChI=1S/C25H50O5/c1-6-9-10-11-12-13-14-15-16-28-18-25(8-3,17-26)19-29-24-23(27)21(5)20(4)22(7-2)30-24/h20-24,26-27H,6-19H2,1-5H3. The van der Waals surface area contributed by atoms with Gasteiger partial charge in [-0.05, 0) is 31.1 Å². The second-order valence-corrected chi connectivity index (χ2v) is 9.51.